The van der Waals surface area contributed by atoms with Crippen molar-refractivity contribution >= 4 is 6.03 Å². The van der Waals surface area contributed by atoms with Gasteiger partial charge in [-0.2, -0.15) is 0 Å². The highest BCUT2D eigenvalue weighted by atomic mass is 16.5. The number of hydrogen-bond acceptors (Lipinski definition) is 3. The standard InChI is InChI=1S/C16H24N2O3/c19-15(18-13-16(20)8-11-21-12-9-16)17-10-4-7-14-5-2-1-3-6-14/h1-3,5-6,20H,4,7-13H2,(H2,17,18,19). The number of rotatable bonds is 6. The number of ether oxygens (including phenoxy) is 1. The number of hydrogen-bond donors (Lipinski definition) is 3. The maximum atomic E-state index is 11.7. The van der Waals surface area contributed by atoms with Crippen molar-refractivity contribution in [3.63, 3.8) is 0 Å². The number of carbonyl (C=O) groups excluding carboxylic acids is 1. The summed E-state index contributed by atoms with van der Waals surface area (Å²) < 4.78 is 5.20. The SMILES string of the molecule is O=C(NCCCc1ccccc1)NCC1(O)CCOCC1. The molecular formula is C16H24N2O3. The lowest BCUT2D eigenvalue weighted by Gasteiger charge is -2.32. The van der Waals surface area contributed by atoms with Gasteiger partial charge in [0.2, 0.25) is 0 Å². The zero-order valence-electron chi connectivity index (χ0n) is 12.3. The van der Waals surface area contributed by atoms with Gasteiger partial charge in [0, 0.05) is 39.1 Å². The second-order valence-electron chi connectivity index (χ2n) is 5.54. The van der Waals surface area contributed by atoms with E-state index >= 15 is 0 Å². The highest BCUT2D eigenvalue weighted by Gasteiger charge is 2.29. The summed E-state index contributed by atoms with van der Waals surface area (Å²) in [6.07, 6.45) is 2.99. The summed E-state index contributed by atoms with van der Waals surface area (Å²) in [5.41, 5.74) is 0.454. The summed E-state index contributed by atoms with van der Waals surface area (Å²) in [5, 5.41) is 15.8. The molecule has 0 aromatic heterocycles. The molecule has 0 bridgehead atoms. The van der Waals surface area contributed by atoms with Crippen LogP contribution in [0.15, 0.2) is 30.3 Å². The average Bonchev–Trinajstić information content (AvgIpc) is 2.51. The number of nitrogens with one attached hydrogen (secondary N) is 2. The maximum Gasteiger partial charge on any atom is 0.314 e. The molecule has 21 heavy (non-hydrogen) atoms. The van der Waals surface area contributed by atoms with E-state index in [4.69, 9.17) is 4.74 Å². The Morgan fingerprint density at radius 2 is 1.90 bits per heavy atom. The van der Waals surface area contributed by atoms with E-state index < -0.39 is 5.60 Å². The van der Waals surface area contributed by atoms with Gasteiger partial charge in [-0.25, -0.2) is 4.79 Å². The Kier molecular flexibility index (Phi) is 6.02. The van der Waals surface area contributed by atoms with Crippen LogP contribution in [0.25, 0.3) is 0 Å². The number of carbonyl (C=O) groups is 1. The van der Waals surface area contributed by atoms with Crippen molar-refractivity contribution in [3.05, 3.63) is 35.9 Å². The minimum atomic E-state index is -0.820. The van der Waals surface area contributed by atoms with Gasteiger partial charge in [-0.3, -0.25) is 0 Å². The van der Waals surface area contributed by atoms with E-state index in [1.807, 2.05) is 18.2 Å². The Labute approximate surface area is 125 Å². The normalized spacial score (nSPS) is 17.2. The summed E-state index contributed by atoms with van der Waals surface area (Å²) in [6.45, 7) is 2.01. The molecule has 0 aliphatic carbocycles. The first-order valence-corrected chi connectivity index (χ1v) is 7.54. The first-order chi connectivity index (χ1) is 10.2. The smallest absolute Gasteiger partial charge is 0.314 e. The third kappa shape index (κ3) is 5.73. The second-order valence-corrected chi connectivity index (χ2v) is 5.54. The van der Waals surface area contributed by atoms with E-state index in [2.05, 4.69) is 22.8 Å². The topological polar surface area (TPSA) is 70.6 Å². The third-order valence-electron chi connectivity index (χ3n) is 3.77. The van der Waals surface area contributed by atoms with Crippen LogP contribution in [0.2, 0.25) is 0 Å². The van der Waals surface area contributed by atoms with Gasteiger partial charge >= 0.3 is 6.03 Å². The van der Waals surface area contributed by atoms with Crippen molar-refractivity contribution in [3.8, 4) is 0 Å². The lowest BCUT2D eigenvalue weighted by Crippen LogP contribution is -2.49. The minimum Gasteiger partial charge on any atom is -0.388 e. The van der Waals surface area contributed by atoms with E-state index in [0.717, 1.165) is 12.8 Å². The molecule has 1 saturated heterocycles. The van der Waals surface area contributed by atoms with E-state index in [9.17, 15) is 9.90 Å². The van der Waals surface area contributed by atoms with E-state index in [0.29, 0.717) is 32.6 Å². The van der Waals surface area contributed by atoms with Crippen LogP contribution in [0.1, 0.15) is 24.8 Å². The monoisotopic (exact) mass is 292 g/mol. The zero-order valence-corrected chi connectivity index (χ0v) is 12.3. The van der Waals surface area contributed by atoms with Crippen molar-refractivity contribution in [2.24, 2.45) is 0 Å². The molecule has 2 rings (SSSR count). The number of aliphatic hydroxyl groups is 1. The van der Waals surface area contributed by atoms with Crippen LogP contribution >= 0.6 is 0 Å². The molecule has 1 fully saturated rings. The van der Waals surface area contributed by atoms with Gasteiger partial charge < -0.3 is 20.5 Å². The molecule has 1 aromatic carbocycles. The number of aryl methyl sites for hydroxylation is 1. The van der Waals surface area contributed by atoms with Gasteiger partial charge in [-0.15, -0.1) is 0 Å². The molecule has 1 aliphatic rings. The number of urea groups is 1. The highest BCUT2D eigenvalue weighted by molar-refractivity contribution is 5.73. The molecule has 2 amide bonds. The van der Waals surface area contributed by atoms with Crippen LogP contribution < -0.4 is 10.6 Å². The first kappa shape index (κ1) is 15.8. The van der Waals surface area contributed by atoms with Gasteiger partial charge in [0.05, 0.1) is 5.60 Å². The van der Waals surface area contributed by atoms with Crippen molar-refractivity contribution in [1.82, 2.24) is 10.6 Å². The Morgan fingerprint density at radius 3 is 2.62 bits per heavy atom. The van der Waals surface area contributed by atoms with Gasteiger partial charge in [0.1, 0.15) is 0 Å². The van der Waals surface area contributed by atoms with E-state index in [1.54, 1.807) is 0 Å². The molecule has 0 radical (unpaired) electrons. The fourth-order valence-electron chi connectivity index (χ4n) is 2.37. The molecule has 0 saturated carbocycles. The van der Waals surface area contributed by atoms with Crippen molar-refractivity contribution in [2.75, 3.05) is 26.3 Å². The fourth-order valence-corrected chi connectivity index (χ4v) is 2.37. The predicted molar refractivity (Wildman–Crippen MR) is 81.2 cm³/mol. The predicted octanol–water partition coefficient (Wildman–Crippen LogP) is 1.46. The molecule has 1 aliphatic heterocycles. The van der Waals surface area contributed by atoms with Gasteiger partial charge in [-0.05, 0) is 18.4 Å². The molecule has 1 aromatic rings. The lowest BCUT2D eigenvalue weighted by molar-refractivity contribution is -0.0600. The van der Waals surface area contributed by atoms with Crippen molar-refractivity contribution < 1.29 is 14.6 Å². The number of benzene rings is 1. The molecule has 5 heteroatoms. The van der Waals surface area contributed by atoms with Crippen LogP contribution in [0, 0.1) is 0 Å². The third-order valence-corrected chi connectivity index (χ3v) is 3.77. The summed E-state index contributed by atoms with van der Waals surface area (Å²) in [5.74, 6) is 0. The molecule has 5 nitrogen and oxygen atoms in total. The highest BCUT2D eigenvalue weighted by Crippen LogP contribution is 2.18. The Balaban J connectivity index is 1.57. The largest absolute Gasteiger partial charge is 0.388 e. The Hall–Kier alpha value is -1.59. The molecular weight excluding hydrogens is 268 g/mol. The van der Waals surface area contributed by atoms with E-state index in [-0.39, 0.29) is 12.6 Å². The molecule has 0 unspecified atom stereocenters. The minimum absolute atomic E-state index is 0.219. The molecule has 116 valence electrons. The molecule has 3 N–H and O–H groups in total. The first-order valence-electron chi connectivity index (χ1n) is 7.54. The summed E-state index contributed by atoms with van der Waals surface area (Å²) in [4.78, 5) is 11.7. The van der Waals surface area contributed by atoms with Crippen LogP contribution in [-0.4, -0.2) is 43.0 Å². The Morgan fingerprint density at radius 1 is 1.19 bits per heavy atom. The number of amides is 2. The van der Waals surface area contributed by atoms with Gasteiger partial charge in [0.15, 0.2) is 0 Å². The van der Waals surface area contributed by atoms with Crippen LogP contribution in [0.5, 0.6) is 0 Å². The van der Waals surface area contributed by atoms with Crippen LogP contribution in [0.4, 0.5) is 4.79 Å². The van der Waals surface area contributed by atoms with Gasteiger partial charge in [0.25, 0.3) is 0 Å². The Bertz CT molecular complexity index is 430. The van der Waals surface area contributed by atoms with Crippen LogP contribution in [-0.2, 0) is 11.2 Å². The van der Waals surface area contributed by atoms with Crippen molar-refractivity contribution in [2.45, 2.75) is 31.3 Å². The molecule has 1 heterocycles. The zero-order chi connectivity index (χ0) is 15.0. The van der Waals surface area contributed by atoms with Crippen molar-refractivity contribution in [1.29, 1.82) is 0 Å². The fraction of sp³-hybridized carbons (Fsp3) is 0.562. The summed E-state index contributed by atoms with van der Waals surface area (Å²) in [7, 11) is 0. The van der Waals surface area contributed by atoms with Crippen LogP contribution in [0.3, 0.4) is 0 Å². The summed E-state index contributed by atoms with van der Waals surface area (Å²) in [6, 6.07) is 9.98. The maximum absolute atomic E-state index is 11.7. The summed E-state index contributed by atoms with van der Waals surface area (Å²) >= 11 is 0. The quantitative estimate of drug-likeness (QED) is 0.695. The molecule has 0 atom stereocenters. The average molecular weight is 292 g/mol. The second kappa shape index (κ2) is 8.00. The molecule has 0 spiro atoms. The van der Waals surface area contributed by atoms with Gasteiger partial charge in [-0.1, -0.05) is 30.3 Å². The lowest BCUT2D eigenvalue weighted by atomic mass is 9.94. The van der Waals surface area contributed by atoms with E-state index in [1.165, 1.54) is 5.56 Å².